The Morgan fingerprint density at radius 3 is 2.79 bits per heavy atom. The van der Waals surface area contributed by atoms with Gasteiger partial charge in [0.25, 0.3) is 0 Å². The van der Waals surface area contributed by atoms with Gasteiger partial charge in [0, 0.05) is 23.9 Å². The monoisotopic (exact) mass is 261 g/mol. The van der Waals surface area contributed by atoms with E-state index < -0.39 is 11.9 Å². The van der Waals surface area contributed by atoms with Crippen LogP contribution in [0.5, 0.6) is 0 Å². The normalized spacial score (nSPS) is 14.1. The van der Waals surface area contributed by atoms with Crippen molar-refractivity contribution in [2.45, 2.75) is 26.7 Å². The number of hydrogen-bond acceptors (Lipinski definition) is 5. The summed E-state index contributed by atoms with van der Waals surface area (Å²) < 4.78 is 5.16. The molecule has 0 saturated carbocycles. The van der Waals surface area contributed by atoms with Gasteiger partial charge in [0.15, 0.2) is 0 Å². The first kappa shape index (κ1) is 13.2. The van der Waals surface area contributed by atoms with E-state index in [0.29, 0.717) is 11.7 Å². The largest absolute Gasteiger partial charge is 0.481 e. The van der Waals surface area contributed by atoms with E-state index in [4.69, 9.17) is 9.63 Å². The lowest BCUT2D eigenvalue weighted by Gasteiger charge is -2.10. The summed E-state index contributed by atoms with van der Waals surface area (Å²) in [5.74, 6) is -1.000. The van der Waals surface area contributed by atoms with Crippen LogP contribution in [0.3, 0.4) is 0 Å². The number of aryl methyl sites for hydroxylation is 1. The summed E-state index contributed by atoms with van der Waals surface area (Å²) >= 11 is 0. The fourth-order valence-corrected chi connectivity index (χ4v) is 1.68. The third-order valence-electron chi connectivity index (χ3n) is 3.23. The van der Waals surface area contributed by atoms with Gasteiger partial charge in [0.2, 0.25) is 11.7 Å². The van der Waals surface area contributed by atoms with E-state index in [1.165, 1.54) is 0 Å². The lowest BCUT2D eigenvalue weighted by Crippen LogP contribution is -2.16. The number of carbonyl (C=O) groups is 1. The summed E-state index contributed by atoms with van der Waals surface area (Å²) in [4.78, 5) is 19.2. The van der Waals surface area contributed by atoms with E-state index in [1.54, 1.807) is 32.3 Å². The molecular formula is C13H15N3O3. The fourth-order valence-electron chi connectivity index (χ4n) is 1.68. The van der Waals surface area contributed by atoms with Crippen molar-refractivity contribution in [1.29, 1.82) is 0 Å². The Morgan fingerprint density at radius 2 is 2.16 bits per heavy atom. The molecule has 0 spiro atoms. The standard InChI is InChI=1S/C13H15N3O3/c1-7-6-14-5-4-10(7)11-15-12(19-16-11)8(2)9(3)13(17)18/h4-6,8-9H,1-3H3,(H,17,18). The minimum absolute atomic E-state index is 0.333. The lowest BCUT2D eigenvalue weighted by atomic mass is 9.96. The molecule has 0 radical (unpaired) electrons. The van der Waals surface area contributed by atoms with Gasteiger partial charge in [0.1, 0.15) is 0 Å². The highest BCUT2D eigenvalue weighted by atomic mass is 16.5. The third kappa shape index (κ3) is 2.62. The summed E-state index contributed by atoms with van der Waals surface area (Å²) in [5.41, 5.74) is 1.77. The maximum Gasteiger partial charge on any atom is 0.307 e. The van der Waals surface area contributed by atoms with Crippen molar-refractivity contribution in [1.82, 2.24) is 15.1 Å². The number of aromatic nitrogens is 3. The van der Waals surface area contributed by atoms with Crippen molar-refractivity contribution in [2.75, 3.05) is 0 Å². The van der Waals surface area contributed by atoms with E-state index in [1.807, 2.05) is 6.92 Å². The molecule has 0 aromatic carbocycles. The zero-order valence-corrected chi connectivity index (χ0v) is 11.0. The molecule has 0 saturated heterocycles. The second-order valence-corrected chi connectivity index (χ2v) is 4.56. The highest BCUT2D eigenvalue weighted by Gasteiger charge is 2.26. The fraction of sp³-hybridized carbons (Fsp3) is 0.385. The number of nitrogens with zero attached hydrogens (tertiary/aromatic N) is 3. The van der Waals surface area contributed by atoms with Crippen LogP contribution in [0.15, 0.2) is 23.0 Å². The highest BCUT2D eigenvalue weighted by Crippen LogP contribution is 2.26. The zero-order chi connectivity index (χ0) is 14.0. The van der Waals surface area contributed by atoms with Crippen LogP contribution in [-0.2, 0) is 4.79 Å². The van der Waals surface area contributed by atoms with Crippen LogP contribution in [-0.4, -0.2) is 26.2 Å². The van der Waals surface area contributed by atoms with Crippen LogP contribution in [0.4, 0.5) is 0 Å². The molecule has 2 atom stereocenters. The van der Waals surface area contributed by atoms with Gasteiger partial charge in [-0.15, -0.1) is 0 Å². The summed E-state index contributed by atoms with van der Waals surface area (Å²) in [5, 5.41) is 12.9. The second-order valence-electron chi connectivity index (χ2n) is 4.56. The minimum Gasteiger partial charge on any atom is -0.481 e. The summed E-state index contributed by atoms with van der Waals surface area (Å²) in [7, 11) is 0. The second kappa shape index (κ2) is 5.17. The Balaban J connectivity index is 2.29. The molecule has 2 rings (SSSR count). The molecule has 19 heavy (non-hydrogen) atoms. The van der Waals surface area contributed by atoms with Crippen molar-refractivity contribution < 1.29 is 14.4 Å². The molecule has 0 bridgehead atoms. The zero-order valence-electron chi connectivity index (χ0n) is 11.0. The molecule has 2 unspecified atom stereocenters. The molecule has 6 nitrogen and oxygen atoms in total. The van der Waals surface area contributed by atoms with Crippen LogP contribution < -0.4 is 0 Å². The molecule has 0 aliphatic carbocycles. The van der Waals surface area contributed by atoms with Gasteiger partial charge in [-0.05, 0) is 18.6 Å². The average molecular weight is 261 g/mol. The van der Waals surface area contributed by atoms with Crippen molar-refractivity contribution in [3.05, 3.63) is 29.9 Å². The van der Waals surface area contributed by atoms with Crippen LogP contribution in [0, 0.1) is 12.8 Å². The topological polar surface area (TPSA) is 89.1 Å². The maximum absolute atomic E-state index is 10.9. The van der Waals surface area contributed by atoms with Gasteiger partial charge in [-0.3, -0.25) is 9.78 Å². The molecule has 0 aliphatic rings. The van der Waals surface area contributed by atoms with Gasteiger partial charge in [-0.2, -0.15) is 4.98 Å². The van der Waals surface area contributed by atoms with E-state index in [9.17, 15) is 4.79 Å². The van der Waals surface area contributed by atoms with Crippen LogP contribution in [0.25, 0.3) is 11.4 Å². The third-order valence-corrected chi connectivity index (χ3v) is 3.23. The first-order valence-electron chi connectivity index (χ1n) is 5.98. The van der Waals surface area contributed by atoms with E-state index in [-0.39, 0.29) is 5.92 Å². The van der Waals surface area contributed by atoms with Gasteiger partial charge < -0.3 is 9.63 Å². The quantitative estimate of drug-likeness (QED) is 0.908. The van der Waals surface area contributed by atoms with Gasteiger partial charge in [-0.1, -0.05) is 19.0 Å². The van der Waals surface area contributed by atoms with Gasteiger partial charge >= 0.3 is 5.97 Å². The Morgan fingerprint density at radius 1 is 1.42 bits per heavy atom. The number of carboxylic acid groups (broad SMARTS) is 1. The van der Waals surface area contributed by atoms with E-state index in [0.717, 1.165) is 11.1 Å². The van der Waals surface area contributed by atoms with Crippen molar-refractivity contribution in [2.24, 2.45) is 5.92 Å². The van der Waals surface area contributed by atoms with Crippen molar-refractivity contribution in [3.63, 3.8) is 0 Å². The first-order chi connectivity index (χ1) is 9.00. The maximum atomic E-state index is 10.9. The Kier molecular flexibility index (Phi) is 3.59. The van der Waals surface area contributed by atoms with Crippen molar-refractivity contribution in [3.8, 4) is 11.4 Å². The Labute approximate surface area is 110 Å². The number of carboxylic acids is 1. The van der Waals surface area contributed by atoms with E-state index in [2.05, 4.69) is 15.1 Å². The summed E-state index contributed by atoms with van der Waals surface area (Å²) in [6.07, 6.45) is 3.37. The van der Waals surface area contributed by atoms with Crippen molar-refractivity contribution >= 4 is 5.97 Å². The molecule has 100 valence electrons. The molecule has 0 amide bonds. The summed E-state index contributed by atoms with van der Waals surface area (Å²) in [6, 6.07) is 1.80. The summed E-state index contributed by atoms with van der Waals surface area (Å²) in [6.45, 7) is 5.28. The predicted molar refractivity (Wildman–Crippen MR) is 67.5 cm³/mol. The Hall–Kier alpha value is -2.24. The molecule has 6 heteroatoms. The molecule has 2 aromatic rings. The number of aliphatic carboxylic acids is 1. The number of pyridine rings is 1. The van der Waals surface area contributed by atoms with Gasteiger partial charge in [-0.25, -0.2) is 0 Å². The molecule has 2 heterocycles. The predicted octanol–water partition coefficient (Wildman–Crippen LogP) is 2.26. The van der Waals surface area contributed by atoms with Crippen LogP contribution >= 0.6 is 0 Å². The van der Waals surface area contributed by atoms with Crippen LogP contribution in [0.2, 0.25) is 0 Å². The Bertz CT molecular complexity index is 594. The lowest BCUT2D eigenvalue weighted by molar-refractivity contribution is -0.141. The smallest absolute Gasteiger partial charge is 0.307 e. The highest BCUT2D eigenvalue weighted by molar-refractivity contribution is 5.70. The molecule has 2 aromatic heterocycles. The molecule has 1 N–H and O–H groups in total. The molecule has 0 aliphatic heterocycles. The van der Waals surface area contributed by atoms with Gasteiger partial charge in [0.05, 0.1) is 5.92 Å². The SMILES string of the molecule is Cc1cnccc1-c1noc(C(C)C(C)C(=O)O)n1. The number of hydrogen-bond donors (Lipinski definition) is 1. The molecule has 0 fully saturated rings. The van der Waals surface area contributed by atoms with E-state index >= 15 is 0 Å². The molecular weight excluding hydrogens is 246 g/mol. The number of rotatable bonds is 4. The first-order valence-corrected chi connectivity index (χ1v) is 5.98. The van der Waals surface area contributed by atoms with Crippen LogP contribution in [0.1, 0.15) is 31.2 Å². The minimum atomic E-state index is -0.882. The average Bonchev–Trinajstić information content (AvgIpc) is 2.86.